The van der Waals surface area contributed by atoms with Crippen LogP contribution in [-0.2, 0) is 4.79 Å². The lowest BCUT2D eigenvalue weighted by Gasteiger charge is -2.35. The van der Waals surface area contributed by atoms with Crippen molar-refractivity contribution in [3.05, 3.63) is 6.33 Å². The zero-order valence-corrected chi connectivity index (χ0v) is 12.9. The van der Waals surface area contributed by atoms with Crippen LogP contribution in [-0.4, -0.2) is 38.4 Å². The van der Waals surface area contributed by atoms with Gasteiger partial charge < -0.3 is 11.1 Å². The van der Waals surface area contributed by atoms with E-state index in [1.807, 2.05) is 0 Å². The van der Waals surface area contributed by atoms with Gasteiger partial charge in [0.2, 0.25) is 5.91 Å². The topological polar surface area (TPSA) is 96.7 Å². The lowest BCUT2D eigenvalue weighted by Crippen LogP contribution is -2.60. The van der Waals surface area contributed by atoms with E-state index < -0.39 is 5.54 Å². The molecular formula is C13H23N5OS. The first kappa shape index (κ1) is 15.3. The molecule has 2 rings (SSSR count). The van der Waals surface area contributed by atoms with Crippen LogP contribution in [0.3, 0.4) is 0 Å². The van der Waals surface area contributed by atoms with Crippen LogP contribution in [0.5, 0.6) is 0 Å². The molecule has 2 unspecified atom stereocenters. The van der Waals surface area contributed by atoms with E-state index in [4.69, 9.17) is 5.73 Å². The van der Waals surface area contributed by atoms with Crippen LogP contribution >= 0.6 is 11.8 Å². The number of hydrogen-bond donors (Lipinski definition) is 3. The van der Waals surface area contributed by atoms with E-state index >= 15 is 0 Å². The number of amides is 1. The highest BCUT2D eigenvalue weighted by Crippen LogP contribution is 2.39. The molecule has 0 radical (unpaired) electrons. The van der Waals surface area contributed by atoms with Gasteiger partial charge in [0, 0.05) is 11.8 Å². The molecule has 2 atom stereocenters. The Balaban J connectivity index is 1.95. The maximum absolute atomic E-state index is 12.0. The molecule has 112 valence electrons. The number of carbonyl (C=O) groups is 1. The van der Waals surface area contributed by atoms with Crippen molar-refractivity contribution in [3.63, 3.8) is 0 Å². The molecule has 1 fully saturated rings. The molecule has 1 aromatic heterocycles. The first-order valence-electron chi connectivity index (χ1n) is 7.10. The molecule has 7 heteroatoms. The van der Waals surface area contributed by atoms with E-state index in [0.29, 0.717) is 5.92 Å². The van der Waals surface area contributed by atoms with Gasteiger partial charge >= 0.3 is 0 Å². The maximum Gasteiger partial charge on any atom is 0.238 e. The molecule has 0 bridgehead atoms. The fraction of sp³-hybridized carbons (Fsp3) is 0.769. The highest BCUT2D eigenvalue weighted by Gasteiger charge is 2.47. The van der Waals surface area contributed by atoms with E-state index in [1.165, 1.54) is 6.33 Å². The summed E-state index contributed by atoms with van der Waals surface area (Å²) in [4.78, 5) is 16.1. The summed E-state index contributed by atoms with van der Waals surface area (Å²) in [5.74, 6) is 1.01. The Kier molecular flexibility index (Phi) is 5.04. The third-order valence-electron chi connectivity index (χ3n) is 3.90. The average molecular weight is 297 g/mol. The number of nitrogens with one attached hydrogen (secondary N) is 2. The zero-order chi connectivity index (χ0) is 14.6. The van der Waals surface area contributed by atoms with E-state index in [2.05, 4.69) is 34.3 Å². The van der Waals surface area contributed by atoms with Crippen LogP contribution in [0.15, 0.2) is 11.5 Å². The van der Waals surface area contributed by atoms with Gasteiger partial charge in [0.25, 0.3) is 0 Å². The van der Waals surface area contributed by atoms with Crippen molar-refractivity contribution in [3.8, 4) is 0 Å². The van der Waals surface area contributed by atoms with Crippen LogP contribution in [0.4, 0.5) is 0 Å². The second-order valence-electron chi connectivity index (χ2n) is 5.65. The van der Waals surface area contributed by atoms with Crippen molar-refractivity contribution < 1.29 is 4.79 Å². The summed E-state index contributed by atoms with van der Waals surface area (Å²) < 4.78 is 0. The summed E-state index contributed by atoms with van der Waals surface area (Å²) in [5.41, 5.74) is 5.17. The van der Waals surface area contributed by atoms with Gasteiger partial charge in [0.1, 0.15) is 11.9 Å². The Labute approximate surface area is 123 Å². The number of thioether (sulfide) groups is 1. The average Bonchev–Trinajstić information content (AvgIpc) is 2.99. The number of aromatic nitrogens is 3. The SMILES string of the molecule is CC(C)NC1(C(N)=O)CCCC1CCSc1ncn[nH]1. The quantitative estimate of drug-likeness (QED) is 0.659. The molecule has 1 saturated carbocycles. The molecule has 0 spiro atoms. The van der Waals surface area contributed by atoms with E-state index in [-0.39, 0.29) is 11.9 Å². The highest BCUT2D eigenvalue weighted by atomic mass is 32.2. The molecule has 1 amide bonds. The predicted octanol–water partition coefficient (Wildman–Crippen LogP) is 1.31. The van der Waals surface area contributed by atoms with Crippen LogP contribution in [0.2, 0.25) is 0 Å². The molecule has 1 aliphatic carbocycles. The largest absolute Gasteiger partial charge is 0.368 e. The number of aromatic amines is 1. The summed E-state index contributed by atoms with van der Waals surface area (Å²) in [6.45, 7) is 4.12. The molecule has 0 saturated heterocycles. The molecule has 1 aliphatic rings. The van der Waals surface area contributed by atoms with Crippen molar-refractivity contribution in [2.24, 2.45) is 11.7 Å². The van der Waals surface area contributed by atoms with Crippen LogP contribution < -0.4 is 11.1 Å². The summed E-state index contributed by atoms with van der Waals surface area (Å²) in [5, 5.41) is 10.9. The molecule has 0 aromatic carbocycles. The molecule has 20 heavy (non-hydrogen) atoms. The molecule has 4 N–H and O–H groups in total. The monoisotopic (exact) mass is 297 g/mol. The first-order valence-corrected chi connectivity index (χ1v) is 8.09. The minimum atomic E-state index is -0.532. The smallest absolute Gasteiger partial charge is 0.238 e. The van der Waals surface area contributed by atoms with Gasteiger partial charge in [-0.1, -0.05) is 18.2 Å². The number of primary amides is 1. The van der Waals surface area contributed by atoms with Gasteiger partial charge in [-0.3, -0.25) is 9.89 Å². The third kappa shape index (κ3) is 3.32. The summed E-state index contributed by atoms with van der Waals surface area (Å²) >= 11 is 1.64. The fourth-order valence-electron chi connectivity index (χ4n) is 3.13. The van der Waals surface area contributed by atoms with Gasteiger partial charge in [0.15, 0.2) is 5.16 Å². The molecule has 6 nitrogen and oxygen atoms in total. The van der Waals surface area contributed by atoms with Gasteiger partial charge in [-0.2, -0.15) is 5.10 Å². The minimum absolute atomic E-state index is 0.210. The van der Waals surface area contributed by atoms with Gasteiger partial charge in [-0.15, -0.1) is 0 Å². The number of rotatable bonds is 7. The minimum Gasteiger partial charge on any atom is -0.368 e. The Morgan fingerprint density at radius 3 is 3.10 bits per heavy atom. The highest BCUT2D eigenvalue weighted by molar-refractivity contribution is 7.99. The standard InChI is InChI=1S/C13H23N5OS/c1-9(2)17-13(11(14)19)6-3-4-10(13)5-7-20-12-15-8-16-18-12/h8-10,17H,3-7H2,1-2H3,(H2,14,19)(H,15,16,18). The number of nitrogens with zero attached hydrogens (tertiary/aromatic N) is 2. The van der Waals surface area contributed by atoms with Crippen LogP contribution in [0, 0.1) is 5.92 Å². The third-order valence-corrected chi connectivity index (χ3v) is 4.81. The van der Waals surface area contributed by atoms with Crippen molar-refractivity contribution in [2.75, 3.05) is 5.75 Å². The molecule has 0 aliphatic heterocycles. The van der Waals surface area contributed by atoms with Crippen LogP contribution in [0.25, 0.3) is 0 Å². The Morgan fingerprint density at radius 1 is 1.70 bits per heavy atom. The van der Waals surface area contributed by atoms with Gasteiger partial charge in [-0.05, 0) is 39.0 Å². The van der Waals surface area contributed by atoms with Crippen molar-refractivity contribution in [1.29, 1.82) is 0 Å². The number of carbonyl (C=O) groups excluding carboxylic acids is 1. The fourth-order valence-corrected chi connectivity index (χ4v) is 3.97. The normalized spacial score (nSPS) is 26.2. The first-order chi connectivity index (χ1) is 9.54. The van der Waals surface area contributed by atoms with Crippen molar-refractivity contribution >= 4 is 17.7 Å². The summed E-state index contributed by atoms with van der Waals surface area (Å²) in [6, 6.07) is 0.255. The van der Waals surface area contributed by atoms with Crippen LogP contribution in [0.1, 0.15) is 39.5 Å². The van der Waals surface area contributed by atoms with Gasteiger partial charge in [0.05, 0.1) is 0 Å². The second-order valence-corrected chi connectivity index (χ2v) is 6.74. The number of nitrogens with two attached hydrogens (primary N) is 1. The van der Waals surface area contributed by atoms with E-state index in [0.717, 1.165) is 36.6 Å². The lowest BCUT2D eigenvalue weighted by molar-refractivity contribution is -0.126. The maximum atomic E-state index is 12.0. The van der Waals surface area contributed by atoms with Crippen molar-refractivity contribution in [2.45, 2.75) is 56.3 Å². The summed E-state index contributed by atoms with van der Waals surface area (Å²) in [7, 11) is 0. The second kappa shape index (κ2) is 6.58. The Morgan fingerprint density at radius 2 is 2.50 bits per heavy atom. The Hall–Kier alpha value is -1.08. The molecule has 1 aromatic rings. The molecular weight excluding hydrogens is 274 g/mol. The van der Waals surface area contributed by atoms with Gasteiger partial charge in [-0.25, -0.2) is 4.98 Å². The van der Waals surface area contributed by atoms with E-state index in [1.54, 1.807) is 11.8 Å². The Bertz CT molecular complexity index is 436. The number of H-pyrrole nitrogens is 1. The van der Waals surface area contributed by atoms with Crippen molar-refractivity contribution in [1.82, 2.24) is 20.5 Å². The zero-order valence-electron chi connectivity index (χ0n) is 12.1. The van der Waals surface area contributed by atoms with E-state index in [9.17, 15) is 4.79 Å². The lowest BCUT2D eigenvalue weighted by atomic mass is 9.83. The molecule has 1 heterocycles. The number of hydrogen-bond acceptors (Lipinski definition) is 5. The predicted molar refractivity (Wildman–Crippen MR) is 79.3 cm³/mol. The summed E-state index contributed by atoms with van der Waals surface area (Å²) in [6.07, 6.45) is 5.41.